The molecule has 8 heavy (non-hydrogen) atoms. The van der Waals surface area contributed by atoms with Gasteiger partial charge in [-0.25, -0.2) is 0 Å². The average molecular weight is 185 g/mol. The van der Waals surface area contributed by atoms with Gasteiger partial charge in [0.05, 0.1) is 0 Å². The highest BCUT2D eigenvalue weighted by Gasteiger charge is 2.01. The number of carboxylic acids is 2. The van der Waals surface area contributed by atoms with Crippen molar-refractivity contribution in [2.75, 3.05) is 0 Å². The minimum Gasteiger partial charge on any atom is -0.481 e. The van der Waals surface area contributed by atoms with Crippen molar-refractivity contribution in [3.05, 3.63) is 0 Å². The van der Waals surface area contributed by atoms with Crippen LogP contribution in [-0.4, -0.2) is 22.2 Å². The zero-order valence-electron chi connectivity index (χ0n) is 3.83. The quantitative estimate of drug-likeness (QED) is 0.599. The van der Waals surface area contributed by atoms with E-state index < -0.39 is 18.4 Å². The molecule has 0 bridgehead atoms. The van der Waals surface area contributed by atoms with Crippen LogP contribution in [0.1, 0.15) is 6.42 Å². The molecule has 4 nitrogen and oxygen atoms in total. The van der Waals surface area contributed by atoms with Crippen LogP contribution < -0.4 is 0 Å². The lowest BCUT2D eigenvalue weighted by molar-refractivity contribution is -0.147. The summed E-state index contributed by atoms with van der Waals surface area (Å²) in [5.41, 5.74) is 0. The van der Waals surface area contributed by atoms with Crippen molar-refractivity contribution in [2.45, 2.75) is 6.42 Å². The minimum atomic E-state index is -1.31. The summed E-state index contributed by atoms with van der Waals surface area (Å²) in [4.78, 5) is 18.9. The van der Waals surface area contributed by atoms with Crippen molar-refractivity contribution in [3.8, 4) is 0 Å². The highest BCUT2D eigenvalue weighted by atomic mass is 79.9. The smallest absolute Gasteiger partial charge is 0.314 e. The van der Waals surface area contributed by atoms with Crippen molar-refractivity contribution in [1.82, 2.24) is 0 Å². The lowest BCUT2D eigenvalue weighted by Crippen LogP contribution is -2.03. The molecule has 0 spiro atoms. The zero-order chi connectivity index (χ0) is 5.86. The van der Waals surface area contributed by atoms with Crippen LogP contribution in [-0.2, 0) is 9.59 Å². The monoisotopic (exact) mass is 184 g/mol. The van der Waals surface area contributed by atoms with Crippen LogP contribution in [0.15, 0.2) is 0 Å². The molecular formula is C3H5BrO4. The van der Waals surface area contributed by atoms with E-state index in [0.717, 1.165) is 0 Å². The van der Waals surface area contributed by atoms with E-state index in [2.05, 4.69) is 0 Å². The molecule has 0 saturated heterocycles. The molecule has 0 radical (unpaired) electrons. The van der Waals surface area contributed by atoms with Crippen molar-refractivity contribution in [1.29, 1.82) is 0 Å². The van der Waals surface area contributed by atoms with Gasteiger partial charge in [0.25, 0.3) is 0 Å². The maximum absolute atomic E-state index is 9.43. The molecule has 0 aromatic carbocycles. The molecule has 0 amide bonds. The van der Waals surface area contributed by atoms with Crippen LogP contribution >= 0.6 is 17.0 Å². The van der Waals surface area contributed by atoms with Crippen LogP contribution in [0, 0.1) is 0 Å². The van der Waals surface area contributed by atoms with Crippen molar-refractivity contribution in [3.63, 3.8) is 0 Å². The summed E-state index contributed by atoms with van der Waals surface area (Å²) in [5.74, 6) is -2.62. The summed E-state index contributed by atoms with van der Waals surface area (Å²) in [6, 6.07) is 0. The summed E-state index contributed by atoms with van der Waals surface area (Å²) >= 11 is 0. The Morgan fingerprint density at radius 3 is 1.38 bits per heavy atom. The average Bonchev–Trinajstić information content (AvgIpc) is 1.27. The first-order valence-corrected chi connectivity index (χ1v) is 1.56. The molecule has 0 aromatic heterocycles. The Hall–Kier alpha value is -0.580. The lowest BCUT2D eigenvalue weighted by atomic mass is 10.5. The summed E-state index contributed by atoms with van der Waals surface area (Å²) in [7, 11) is 0. The molecule has 0 aliphatic carbocycles. The highest BCUT2D eigenvalue weighted by Crippen LogP contribution is 1.74. The predicted octanol–water partition coefficient (Wildman–Crippen LogP) is 0.124. The van der Waals surface area contributed by atoms with E-state index in [1.807, 2.05) is 0 Å². The Labute approximate surface area is 55.9 Å². The third-order valence-corrected chi connectivity index (χ3v) is 0.302. The van der Waals surface area contributed by atoms with Gasteiger partial charge in [0.1, 0.15) is 6.42 Å². The van der Waals surface area contributed by atoms with Gasteiger partial charge >= 0.3 is 11.9 Å². The van der Waals surface area contributed by atoms with Gasteiger partial charge in [-0.3, -0.25) is 9.59 Å². The van der Waals surface area contributed by atoms with Crippen LogP contribution in [0.5, 0.6) is 0 Å². The van der Waals surface area contributed by atoms with E-state index in [-0.39, 0.29) is 17.0 Å². The number of halogens is 1. The van der Waals surface area contributed by atoms with Gasteiger partial charge in [-0.2, -0.15) is 0 Å². The summed E-state index contributed by atoms with van der Waals surface area (Å²) in [6.07, 6.45) is -0.806. The van der Waals surface area contributed by atoms with E-state index in [1.165, 1.54) is 0 Å². The fourth-order valence-electron chi connectivity index (χ4n) is 0.129. The second-order valence-corrected chi connectivity index (χ2v) is 0.964. The van der Waals surface area contributed by atoms with Gasteiger partial charge in [-0.15, -0.1) is 17.0 Å². The second-order valence-electron chi connectivity index (χ2n) is 0.964. The summed E-state index contributed by atoms with van der Waals surface area (Å²) < 4.78 is 0. The third-order valence-electron chi connectivity index (χ3n) is 0.302. The molecule has 0 heterocycles. The van der Waals surface area contributed by atoms with Gasteiger partial charge in [0.2, 0.25) is 0 Å². The molecule has 0 saturated carbocycles. The minimum absolute atomic E-state index is 0. The Kier molecular flexibility index (Phi) is 5.95. The molecule has 0 unspecified atom stereocenters. The topological polar surface area (TPSA) is 74.6 Å². The molecule has 0 fully saturated rings. The first-order valence-electron chi connectivity index (χ1n) is 1.56. The second kappa shape index (κ2) is 4.58. The van der Waals surface area contributed by atoms with E-state index in [1.54, 1.807) is 0 Å². The van der Waals surface area contributed by atoms with Gasteiger partial charge in [0.15, 0.2) is 0 Å². The molecule has 0 aliphatic rings. The van der Waals surface area contributed by atoms with E-state index >= 15 is 0 Å². The standard InChI is InChI=1S/C3H4O4.BrH/c4-2(5)1-3(6)7;/h1H2,(H,4,5)(H,6,7);1H. The Morgan fingerprint density at radius 1 is 1.12 bits per heavy atom. The summed E-state index contributed by atoms with van der Waals surface area (Å²) in [6.45, 7) is 0. The van der Waals surface area contributed by atoms with Crippen molar-refractivity contribution < 1.29 is 19.8 Å². The SMILES string of the molecule is Br.O=C(O)CC(=O)O. The van der Waals surface area contributed by atoms with E-state index in [4.69, 9.17) is 10.2 Å². The third kappa shape index (κ3) is 9.05. The fraction of sp³-hybridized carbons (Fsp3) is 0.333. The molecule has 0 aromatic rings. The maximum atomic E-state index is 9.43. The van der Waals surface area contributed by atoms with E-state index in [0.29, 0.717) is 0 Å². The molecule has 2 N–H and O–H groups in total. The number of rotatable bonds is 2. The number of hydrogen-bond donors (Lipinski definition) is 2. The number of carboxylic acid groups (broad SMARTS) is 2. The number of aliphatic carboxylic acids is 2. The summed E-state index contributed by atoms with van der Waals surface area (Å²) in [5, 5.41) is 15.4. The Bertz CT molecular complexity index is 87.5. The molecule has 0 aliphatic heterocycles. The number of carbonyl (C=O) groups is 2. The Balaban J connectivity index is 0. The molecule has 48 valence electrons. The van der Waals surface area contributed by atoms with Gasteiger partial charge < -0.3 is 10.2 Å². The van der Waals surface area contributed by atoms with Gasteiger partial charge in [-0.1, -0.05) is 0 Å². The lowest BCUT2D eigenvalue weighted by Gasteiger charge is -1.80. The largest absolute Gasteiger partial charge is 0.481 e. The zero-order valence-corrected chi connectivity index (χ0v) is 5.54. The van der Waals surface area contributed by atoms with Crippen LogP contribution in [0.3, 0.4) is 0 Å². The first kappa shape index (κ1) is 10.4. The Morgan fingerprint density at radius 2 is 1.38 bits per heavy atom. The molecular weight excluding hydrogens is 180 g/mol. The van der Waals surface area contributed by atoms with Crippen LogP contribution in [0.4, 0.5) is 0 Å². The molecule has 5 heteroatoms. The predicted molar refractivity (Wildman–Crippen MR) is 30.2 cm³/mol. The molecule has 0 rings (SSSR count). The van der Waals surface area contributed by atoms with Crippen molar-refractivity contribution >= 4 is 28.9 Å². The first-order chi connectivity index (χ1) is 3.13. The van der Waals surface area contributed by atoms with Gasteiger partial charge in [-0.05, 0) is 0 Å². The van der Waals surface area contributed by atoms with Crippen LogP contribution in [0.2, 0.25) is 0 Å². The van der Waals surface area contributed by atoms with E-state index in [9.17, 15) is 9.59 Å². The maximum Gasteiger partial charge on any atom is 0.314 e. The number of hydrogen-bond acceptors (Lipinski definition) is 2. The van der Waals surface area contributed by atoms with Crippen LogP contribution in [0.25, 0.3) is 0 Å². The highest BCUT2D eigenvalue weighted by molar-refractivity contribution is 8.93. The van der Waals surface area contributed by atoms with Crippen molar-refractivity contribution in [2.24, 2.45) is 0 Å². The van der Waals surface area contributed by atoms with Gasteiger partial charge in [0, 0.05) is 0 Å². The molecule has 0 atom stereocenters. The fourth-order valence-corrected chi connectivity index (χ4v) is 0.129. The normalized spacial score (nSPS) is 7.00.